The maximum atomic E-state index is 13.0. The smallest absolute Gasteiger partial charge is 0.329 e. The van der Waals surface area contributed by atoms with Gasteiger partial charge in [-0.1, -0.05) is 12.1 Å². The predicted molar refractivity (Wildman–Crippen MR) is 109 cm³/mol. The van der Waals surface area contributed by atoms with Gasteiger partial charge >= 0.3 is 6.03 Å². The minimum Gasteiger partial charge on any atom is -0.497 e. The highest BCUT2D eigenvalue weighted by Gasteiger charge is 2.49. The molecule has 3 amide bonds. The molecule has 1 aromatic carbocycles. The molecule has 0 aromatic heterocycles. The molecule has 0 saturated carbocycles. The molecule has 8 nitrogen and oxygen atoms in total. The fourth-order valence-electron chi connectivity index (χ4n) is 4.10. The van der Waals surface area contributed by atoms with Crippen LogP contribution < -0.4 is 15.0 Å². The lowest BCUT2D eigenvalue weighted by Gasteiger charge is -2.27. The van der Waals surface area contributed by atoms with Gasteiger partial charge in [0, 0.05) is 6.42 Å². The lowest BCUT2D eigenvalue weighted by atomic mass is 9.93. The number of aryl methyl sites for hydroxylation is 1. The molecule has 9 heteroatoms. The maximum absolute atomic E-state index is 13.0. The first kappa shape index (κ1) is 21.6. The number of nitrogens with one attached hydrogen (secondary N) is 2. The van der Waals surface area contributed by atoms with Crippen LogP contribution in [-0.4, -0.2) is 68.7 Å². The van der Waals surface area contributed by atoms with Crippen molar-refractivity contribution in [2.45, 2.75) is 44.7 Å². The molecule has 0 aliphatic carbocycles. The fraction of sp³-hybridized carbons (Fsp3) is 0.600. The number of nitrogens with zero attached hydrogens (tertiary/aromatic N) is 1. The van der Waals surface area contributed by atoms with Crippen LogP contribution in [0.25, 0.3) is 0 Å². The monoisotopic (exact) mass is 424 g/mol. The summed E-state index contributed by atoms with van der Waals surface area (Å²) in [4.78, 5) is 27.8. The zero-order chi connectivity index (χ0) is 21.2. The summed E-state index contributed by atoms with van der Waals surface area (Å²) in [6.07, 6.45) is 1.70. The van der Waals surface area contributed by atoms with Gasteiger partial charge in [0.25, 0.3) is 5.91 Å². The Morgan fingerprint density at radius 2 is 1.97 bits per heavy atom. The van der Waals surface area contributed by atoms with E-state index in [2.05, 4.69) is 5.32 Å². The van der Waals surface area contributed by atoms with Gasteiger partial charge in [0.05, 0.1) is 19.4 Å². The summed E-state index contributed by atoms with van der Waals surface area (Å²) < 4.78 is 28.8. The molecule has 0 radical (unpaired) electrons. The average Bonchev–Trinajstić information content (AvgIpc) is 3.15. The third-order valence-corrected chi connectivity index (χ3v) is 7.81. The van der Waals surface area contributed by atoms with Crippen LogP contribution in [0.1, 0.15) is 32.3 Å². The quantitative estimate of drug-likeness (QED) is 0.572. The van der Waals surface area contributed by atoms with Gasteiger partial charge in [-0.3, -0.25) is 4.79 Å². The molecule has 2 aliphatic rings. The molecule has 160 valence electrons. The van der Waals surface area contributed by atoms with Crippen LogP contribution in [-0.2, 0) is 21.1 Å². The number of urea groups is 1. The minimum atomic E-state index is -3.01. The number of amides is 3. The number of carbonyl (C=O) groups is 2. The molecule has 0 bridgehead atoms. The van der Waals surface area contributed by atoms with Crippen molar-refractivity contribution in [2.75, 3.05) is 31.8 Å². The highest BCUT2D eigenvalue weighted by atomic mass is 32.2. The predicted octanol–water partition coefficient (Wildman–Crippen LogP) is -0.0123. The Morgan fingerprint density at radius 3 is 2.52 bits per heavy atom. The Morgan fingerprint density at radius 1 is 1.28 bits per heavy atom. The summed E-state index contributed by atoms with van der Waals surface area (Å²) in [5.41, 5.74) is 0.0990. The van der Waals surface area contributed by atoms with Crippen LogP contribution in [0.15, 0.2) is 24.3 Å². The van der Waals surface area contributed by atoms with Gasteiger partial charge in [0.1, 0.15) is 23.1 Å². The topological polar surface area (TPSA) is 97.2 Å². The number of hydrogen-bond donors (Lipinski definition) is 2. The zero-order valence-electron chi connectivity index (χ0n) is 17.2. The van der Waals surface area contributed by atoms with Crippen LogP contribution in [0.2, 0.25) is 0 Å². The Balaban J connectivity index is 1.64. The van der Waals surface area contributed by atoms with E-state index in [1.165, 1.54) is 4.90 Å². The van der Waals surface area contributed by atoms with Gasteiger partial charge < -0.3 is 15.0 Å². The van der Waals surface area contributed by atoms with Crippen molar-refractivity contribution in [3.05, 3.63) is 29.8 Å². The number of quaternary nitrogens is 1. The molecular weight excluding hydrogens is 394 g/mol. The molecule has 2 fully saturated rings. The van der Waals surface area contributed by atoms with Gasteiger partial charge in [0.2, 0.25) is 0 Å². The SMILES string of the molecule is CC[NH+](CN1C(=O)N[C@](C)(CCc2ccc(OC)cc2)C1=O)[C@@H]1CCS(=O)(=O)C1. The number of hydrogen-bond acceptors (Lipinski definition) is 5. The summed E-state index contributed by atoms with van der Waals surface area (Å²) in [5, 5.41) is 2.84. The highest BCUT2D eigenvalue weighted by molar-refractivity contribution is 7.91. The van der Waals surface area contributed by atoms with Crippen molar-refractivity contribution in [1.82, 2.24) is 10.2 Å². The van der Waals surface area contributed by atoms with Crippen molar-refractivity contribution in [3.63, 3.8) is 0 Å². The number of methoxy groups -OCH3 is 1. The van der Waals surface area contributed by atoms with Crippen molar-refractivity contribution in [1.29, 1.82) is 0 Å². The van der Waals surface area contributed by atoms with E-state index in [4.69, 9.17) is 4.74 Å². The lowest BCUT2D eigenvalue weighted by molar-refractivity contribution is -0.927. The average molecular weight is 425 g/mol. The lowest BCUT2D eigenvalue weighted by Crippen LogP contribution is -3.17. The summed E-state index contributed by atoms with van der Waals surface area (Å²) in [5.74, 6) is 0.825. The Hall–Kier alpha value is -2.13. The van der Waals surface area contributed by atoms with Crippen LogP contribution in [0.3, 0.4) is 0 Å². The van der Waals surface area contributed by atoms with E-state index in [0.29, 0.717) is 25.8 Å². The molecule has 2 heterocycles. The van der Waals surface area contributed by atoms with E-state index in [1.54, 1.807) is 14.0 Å². The number of rotatable bonds is 8. The van der Waals surface area contributed by atoms with Gasteiger partial charge in [-0.2, -0.15) is 0 Å². The van der Waals surface area contributed by atoms with Crippen molar-refractivity contribution >= 4 is 21.8 Å². The van der Waals surface area contributed by atoms with Gasteiger partial charge in [-0.05, 0) is 44.4 Å². The minimum absolute atomic E-state index is 0.0724. The maximum Gasteiger partial charge on any atom is 0.329 e. The van der Waals surface area contributed by atoms with E-state index >= 15 is 0 Å². The second-order valence-corrected chi connectivity index (χ2v) is 10.3. The van der Waals surface area contributed by atoms with Crippen LogP contribution in [0, 0.1) is 0 Å². The standard InChI is InChI=1S/C20H29N3O5S/c1-4-22(16-10-12-29(26,27)13-16)14-23-18(24)20(2,21-19(23)25)11-9-15-5-7-17(28-3)8-6-15/h5-8,16H,4,9-14H2,1-3H3,(H,21,25)/p+1/t16-,20-/m1/s1. The third kappa shape index (κ3) is 4.72. The van der Waals surface area contributed by atoms with Crippen molar-refractivity contribution in [3.8, 4) is 5.75 Å². The first-order valence-corrected chi connectivity index (χ1v) is 11.8. The second kappa shape index (κ2) is 8.31. The largest absolute Gasteiger partial charge is 0.497 e. The van der Waals surface area contributed by atoms with E-state index in [1.807, 2.05) is 31.2 Å². The van der Waals surface area contributed by atoms with Crippen LogP contribution >= 0.6 is 0 Å². The number of imide groups is 1. The van der Waals surface area contributed by atoms with Gasteiger partial charge in [-0.25, -0.2) is 18.1 Å². The summed E-state index contributed by atoms with van der Waals surface area (Å²) >= 11 is 0. The summed E-state index contributed by atoms with van der Waals surface area (Å²) in [6, 6.07) is 7.17. The van der Waals surface area contributed by atoms with E-state index < -0.39 is 21.4 Å². The number of ether oxygens (including phenoxy) is 1. The summed E-state index contributed by atoms with van der Waals surface area (Å²) in [7, 11) is -1.40. The number of carbonyl (C=O) groups excluding carboxylic acids is 2. The first-order valence-electron chi connectivity index (χ1n) is 9.99. The Bertz CT molecular complexity index is 871. The van der Waals surface area contributed by atoms with Crippen molar-refractivity contribution < 1.29 is 27.6 Å². The number of sulfone groups is 1. The zero-order valence-corrected chi connectivity index (χ0v) is 18.0. The van der Waals surface area contributed by atoms with Crippen LogP contribution in [0.5, 0.6) is 5.75 Å². The molecule has 1 unspecified atom stereocenters. The molecule has 0 spiro atoms. The van der Waals surface area contributed by atoms with E-state index in [-0.39, 0.29) is 30.1 Å². The van der Waals surface area contributed by atoms with Crippen molar-refractivity contribution in [2.24, 2.45) is 0 Å². The molecule has 2 saturated heterocycles. The Labute approximate surface area is 172 Å². The van der Waals surface area contributed by atoms with Gasteiger partial charge in [0.15, 0.2) is 16.5 Å². The fourth-order valence-corrected chi connectivity index (χ4v) is 5.92. The van der Waals surface area contributed by atoms with Gasteiger partial charge in [-0.15, -0.1) is 0 Å². The van der Waals surface area contributed by atoms with Crippen LogP contribution in [0.4, 0.5) is 4.79 Å². The summed E-state index contributed by atoms with van der Waals surface area (Å²) in [6.45, 7) is 4.54. The molecule has 1 aromatic rings. The third-order valence-electron chi connectivity index (χ3n) is 6.04. The normalized spacial score (nSPS) is 27.1. The Kier molecular flexibility index (Phi) is 6.19. The molecule has 29 heavy (non-hydrogen) atoms. The van der Waals surface area contributed by atoms with E-state index in [0.717, 1.165) is 16.2 Å². The molecular formula is C20H30N3O5S+. The molecule has 2 N–H and O–H groups in total. The second-order valence-electron chi connectivity index (χ2n) is 8.11. The highest BCUT2D eigenvalue weighted by Crippen LogP contribution is 2.23. The molecule has 3 atom stereocenters. The molecule has 3 rings (SSSR count). The first-order chi connectivity index (χ1) is 13.7. The number of benzene rings is 1. The molecule has 2 aliphatic heterocycles. The van der Waals surface area contributed by atoms with E-state index in [9.17, 15) is 18.0 Å².